The third-order valence-electron chi connectivity index (χ3n) is 3.29. The van der Waals surface area contributed by atoms with E-state index in [4.69, 9.17) is 0 Å². The van der Waals surface area contributed by atoms with Crippen LogP contribution in [0.15, 0.2) is 18.2 Å². The van der Waals surface area contributed by atoms with Crippen LogP contribution in [-0.2, 0) is 4.79 Å². The molecular weight excluding hydrogens is 240 g/mol. The van der Waals surface area contributed by atoms with Gasteiger partial charge in [-0.15, -0.1) is 0 Å². The van der Waals surface area contributed by atoms with Gasteiger partial charge in [-0.3, -0.25) is 9.59 Å². The average Bonchev–Trinajstić information content (AvgIpc) is 2.40. The summed E-state index contributed by atoms with van der Waals surface area (Å²) in [4.78, 5) is 25.4. The number of amides is 2. The third-order valence-corrected chi connectivity index (χ3v) is 3.29. The molecular formula is C15H22N2O2. The van der Waals surface area contributed by atoms with Gasteiger partial charge in [0.05, 0.1) is 6.54 Å². The van der Waals surface area contributed by atoms with Crippen LogP contribution in [0, 0.1) is 13.8 Å². The fourth-order valence-corrected chi connectivity index (χ4v) is 1.83. The molecule has 1 rings (SSSR count). The van der Waals surface area contributed by atoms with Gasteiger partial charge in [0.1, 0.15) is 0 Å². The summed E-state index contributed by atoms with van der Waals surface area (Å²) in [5.74, 6) is -0.259. The maximum absolute atomic E-state index is 11.9. The number of likely N-dealkylation sites (N-methyl/N-ethyl adjacent to an activating group) is 1. The molecule has 1 aromatic carbocycles. The first-order chi connectivity index (χ1) is 8.99. The molecule has 19 heavy (non-hydrogen) atoms. The average molecular weight is 262 g/mol. The van der Waals surface area contributed by atoms with Gasteiger partial charge in [0.2, 0.25) is 5.91 Å². The van der Waals surface area contributed by atoms with Crippen LogP contribution >= 0.6 is 0 Å². The normalized spacial score (nSPS) is 10.1. The van der Waals surface area contributed by atoms with E-state index in [9.17, 15) is 9.59 Å². The first-order valence-corrected chi connectivity index (χ1v) is 6.62. The van der Waals surface area contributed by atoms with E-state index < -0.39 is 0 Å². The number of aryl methyl sites for hydroxylation is 2. The Kier molecular flexibility index (Phi) is 5.55. The van der Waals surface area contributed by atoms with E-state index in [0.717, 1.165) is 11.1 Å². The Morgan fingerprint density at radius 1 is 1.11 bits per heavy atom. The molecule has 1 N–H and O–H groups in total. The highest BCUT2D eigenvalue weighted by atomic mass is 16.2. The number of nitrogens with zero attached hydrogens (tertiary/aromatic N) is 1. The highest BCUT2D eigenvalue weighted by molar-refractivity contribution is 5.96. The van der Waals surface area contributed by atoms with Crippen molar-refractivity contribution in [2.24, 2.45) is 0 Å². The van der Waals surface area contributed by atoms with Crippen molar-refractivity contribution in [3.8, 4) is 0 Å². The van der Waals surface area contributed by atoms with Crippen molar-refractivity contribution in [3.63, 3.8) is 0 Å². The second-order valence-electron chi connectivity index (χ2n) is 4.55. The number of carbonyl (C=O) groups is 2. The molecule has 0 bridgehead atoms. The van der Waals surface area contributed by atoms with Crippen LogP contribution in [0.3, 0.4) is 0 Å². The number of hydrogen-bond acceptors (Lipinski definition) is 2. The van der Waals surface area contributed by atoms with E-state index >= 15 is 0 Å². The zero-order valence-corrected chi connectivity index (χ0v) is 12.1. The van der Waals surface area contributed by atoms with Crippen molar-refractivity contribution < 1.29 is 9.59 Å². The van der Waals surface area contributed by atoms with E-state index in [-0.39, 0.29) is 18.4 Å². The second kappa shape index (κ2) is 6.92. The minimum Gasteiger partial charge on any atom is -0.343 e. The summed E-state index contributed by atoms with van der Waals surface area (Å²) < 4.78 is 0. The van der Waals surface area contributed by atoms with Crippen LogP contribution in [0.4, 0.5) is 0 Å². The van der Waals surface area contributed by atoms with Crippen LogP contribution in [0.2, 0.25) is 0 Å². The van der Waals surface area contributed by atoms with E-state index in [1.807, 2.05) is 39.8 Å². The lowest BCUT2D eigenvalue weighted by Gasteiger charge is -2.18. The summed E-state index contributed by atoms with van der Waals surface area (Å²) in [6.45, 7) is 9.18. The molecule has 0 aliphatic carbocycles. The van der Waals surface area contributed by atoms with E-state index in [1.54, 1.807) is 11.0 Å². The standard InChI is InChI=1S/C15H22N2O2/c1-5-17(6-2)14(18)10-16-15(19)13-8-7-11(3)12(4)9-13/h7-9H,5-6,10H2,1-4H3,(H,16,19). The minimum absolute atomic E-state index is 0.0490. The van der Waals surface area contributed by atoms with Gasteiger partial charge in [0.15, 0.2) is 0 Å². The number of benzene rings is 1. The van der Waals surface area contributed by atoms with E-state index in [1.165, 1.54) is 0 Å². The molecule has 104 valence electrons. The molecule has 0 heterocycles. The fourth-order valence-electron chi connectivity index (χ4n) is 1.83. The Labute approximate surface area is 114 Å². The Morgan fingerprint density at radius 2 is 1.74 bits per heavy atom. The van der Waals surface area contributed by atoms with E-state index in [2.05, 4.69) is 5.32 Å². The monoisotopic (exact) mass is 262 g/mol. The molecule has 4 heteroatoms. The van der Waals surface area contributed by atoms with Gasteiger partial charge in [-0.05, 0) is 51.0 Å². The maximum atomic E-state index is 11.9. The van der Waals surface area contributed by atoms with Crippen LogP contribution in [0.5, 0.6) is 0 Å². The molecule has 0 saturated carbocycles. The summed E-state index contributed by atoms with van der Waals surface area (Å²) in [5.41, 5.74) is 2.81. The molecule has 0 atom stereocenters. The van der Waals surface area contributed by atoms with Crippen molar-refractivity contribution in [1.82, 2.24) is 10.2 Å². The molecule has 0 aliphatic heterocycles. The van der Waals surface area contributed by atoms with Crippen LogP contribution in [0.25, 0.3) is 0 Å². The summed E-state index contributed by atoms with van der Waals surface area (Å²) >= 11 is 0. The third kappa shape index (κ3) is 4.09. The molecule has 0 aliphatic rings. The predicted octanol–water partition coefficient (Wildman–Crippen LogP) is 1.90. The number of carbonyl (C=O) groups excluding carboxylic acids is 2. The lowest BCUT2D eigenvalue weighted by Crippen LogP contribution is -2.40. The molecule has 0 aromatic heterocycles. The lowest BCUT2D eigenvalue weighted by atomic mass is 10.1. The van der Waals surface area contributed by atoms with Gasteiger partial charge in [0, 0.05) is 18.7 Å². The van der Waals surface area contributed by atoms with Crippen molar-refractivity contribution in [2.75, 3.05) is 19.6 Å². The van der Waals surface area contributed by atoms with Gasteiger partial charge in [-0.25, -0.2) is 0 Å². The van der Waals surface area contributed by atoms with Gasteiger partial charge >= 0.3 is 0 Å². The summed E-state index contributed by atoms with van der Waals surface area (Å²) in [7, 11) is 0. The molecule has 4 nitrogen and oxygen atoms in total. The quantitative estimate of drug-likeness (QED) is 0.881. The molecule has 0 unspecified atom stereocenters. The largest absolute Gasteiger partial charge is 0.343 e. The smallest absolute Gasteiger partial charge is 0.251 e. The van der Waals surface area contributed by atoms with Crippen LogP contribution in [-0.4, -0.2) is 36.3 Å². The minimum atomic E-state index is -0.205. The highest BCUT2D eigenvalue weighted by Crippen LogP contribution is 2.09. The first kappa shape index (κ1) is 15.2. The molecule has 0 spiro atoms. The van der Waals surface area contributed by atoms with Gasteiger partial charge in [0.25, 0.3) is 5.91 Å². The summed E-state index contributed by atoms with van der Waals surface area (Å²) in [5, 5.41) is 2.66. The Balaban J connectivity index is 2.60. The predicted molar refractivity (Wildman–Crippen MR) is 76.2 cm³/mol. The van der Waals surface area contributed by atoms with Crippen molar-refractivity contribution in [2.45, 2.75) is 27.7 Å². The zero-order valence-electron chi connectivity index (χ0n) is 12.1. The maximum Gasteiger partial charge on any atom is 0.251 e. The van der Waals surface area contributed by atoms with Gasteiger partial charge in [-0.2, -0.15) is 0 Å². The lowest BCUT2D eigenvalue weighted by molar-refractivity contribution is -0.129. The summed E-state index contributed by atoms with van der Waals surface area (Å²) in [6.07, 6.45) is 0. The van der Waals surface area contributed by atoms with Crippen LogP contribution < -0.4 is 5.32 Å². The fraction of sp³-hybridized carbons (Fsp3) is 0.467. The Morgan fingerprint density at radius 3 is 2.26 bits per heavy atom. The molecule has 2 amide bonds. The first-order valence-electron chi connectivity index (χ1n) is 6.62. The molecule has 0 saturated heterocycles. The van der Waals surface area contributed by atoms with Crippen molar-refractivity contribution >= 4 is 11.8 Å². The van der Waals surface area contributed by atoms with Gasteiger partial charge < -0.3 is 10.2 Å². The number of hydrogen-bond donors (Lipinski definition) is 1. The number of nitrogens with one attached hydrogen (secondary N) is 1. The molecule has 1 aromatic rings. The summed E-state index contributed by atoms with van der Waals surface area (Å²) in [6, 6.07) is 5.53. The zero-order chi connectivity index (χ0) is 14.4. The highest BCUT2D eigenvalue weighted by Gasteiger charge is 2.12. The van der Waals surface area contributed by atoms with Crippen LogP contribution in [0.1, 0.15) is 35.3 Å². The van der Waals surface area contributed by atoms with E-state index in [0.29, 0.717) is 18.7 Å². The number of rotatable bonds is 5. The molecule has 0 radical (unpaired) electrons. The topological polar surface area (TPSA) is 49.4 Å². The van der Waals surface area contributed by atoms with Crippen molar-refractivity contribution in [1.29, 1.82) is 0 Å². The second-order valence-corrected chi connectivity index (χ2v) is 4.55. The van der Waals surface area contributed by atoms with Crippen molar-refractivity contribution in [3.05, 3.63) is 34.9 Å². The Bertz CT molecular complexity index is 465. The Hall–Kier alpha value is -1.84. The van der Waals surface area contributed by atoms with Gasteiger partial charge in [-0.1, -0.05) is 6.07 Å². The SMILES string of the molecule is CCN(CC)C(=O)CNC(=O)c1ccc(C)c(C)c1. The molecule has 0 fully saturated rings.